The van der Waals surface area contributed by atoms with Crippen LogP contribution in [0.5, 0.6) is 5.75 Å². The lowest BCUT2D eigenvalue weighted by Gasteiger charge is -2.29. The number of esters is 1. The average molecular weight is 530 g/mol. The highest BCUT2D eigenvalue weighted by Gasteiger charge is 2.49. The highest BCUT2D eigenvalue weighted by molar-refractivity contribution is 7.99. The number of alkyl halides is 3. The molecule has 1 aliphatic heterocycles. The number of hydrogen-bond donors (Lipinski definition) is 0. The third-order valence-corrected chi connectivity index (χ3v) is 5.17. The van der Waals surface area contributed by atoms with Crippen LogP contribution in [-0.2, 0) is 23.8 Å². The zero-order chi connectivity index (χ0) is 25.5. The van der Waals surface area contributed by atoms with Gasteiger partial charge in [-0.25, -0.2) is 9.59 Å². The van der Waals surface area contributed by atoms with Gasteiger partial charge in [0, 0.05) is 29.0 Å². The Kier molecular flexibility index (Phi) is 9.67. The summed E-state index contributed by atoms with van der Waals surface area (Å²) in [7, 11) is 0. The average Bonchev–Trinajstić information content (AvgIpc) is 2.70. The van der Waals surface area contributed by atoms with Crippen molar-refractivity contribution in [2.45, 2.75) is 32.4 Å². The second-order valence-electron chi connectivity index (χ2n) is 6.64. The van der Waals surface area contributed by atoms with E-state index in [4.69, 9.17) is 30.5 Å². The first-order valence-electron chi connectivity index (χ1n) is 9.53. The predicted octanol–water partition coefficient (Wildman–Crippen LogP) is 4.34. The molecule has 188 valence electrons. The van der Waals surface area contributed by atoms with Crippen LogP contribution in [0, 0.1) is 17.0 Å². The van der Waals surface area contributed by atoms with Gasteiger partial charge in [-0.1, -0.05) is 11.6 Å². The molecule has 0 radical (unpaired) electrons. The topological polar surface area (TPSA) is 123 Å². The lowest BCUT2D eigenvalue weighted by atomic mass is 9.99. The minimum atomic E-state index is -4.93. The lowest BCUT2D eigenvalue weighted by Crippen LogP contribution is -2.41. The standard InChI is InChI=1S/C19H19ClF3NO9S/c1-10-7-13(20)8-12-9-14(16(19(21,22)23)33-15(10)12)17(25)31-11(2)32-18(26)29-3-5-34-6-4-30-24(27)28/h7-9,11,16H,3-6H2,1-2H3. The minimum absolute atomic E-state index is 0.0704. The van der Waals surface area contributed by atoms with Crippen LogP contribution in [0.4, 0.5) is 18.0 Å². The number of carbonyl (C=O) groups is 2. The molecule has 0 aliphatic carbocycles. The van der Waals surface area contributed by atoms with Crippen LogP contribution < -0.4 is 4.74 Å². The smallest absolute Gasteiger partial charge is 0.475 e. The van der Waals surface area contributed by atoms with Crippen molar-refractivity contribution in [2.24, 2.45) is 0 Å². The molecular weight excluding hydrogens is 511 g/mol. The number of fused-ring (bicyclic) bond motifs is 1. The van der Waals surface area contributed by atoms with E-state index in [2.05, 4.69) is 4.84 Å². The SMILES string of the molecule is Cc1cc(Cl)cc2c1OC(C(F)(F)F)C(C(=O)OC(C)OC(=O)OCCSCCO[N+](=O)[O-])=C2. The molecule has 15 heteroatoms. The first-order valence-corrected chi connectivity index (χ1v) is 11.1. The number of rotatable bonds is 10. The summed E-state index contributed by atoms with van der Waals surface area (Å²) in [4.78, 5) is 38.2. The van der Waals surface area contributed by atoms with Crippen molar-refractivity contribution in [1.29, 1.82) is 0 Å². The van der Waals surface area contributed by atoms with Crippen molar-refractivity contribution < 1.29 is 51.6 Å². The minimum Gasteiger partial charge on any atom is -0.475 e. The van der Waals surface area contributed by atoms with Crippen molar-refractivity contribution in [3.63, 3.8) is 0 Å². The number of aryl methyl sites for hydroxylation is 1. The third kappa shape index (κ3) is 8.17. The van der Waals surface area contributed by atoms with Gasteiger partial charge in [-0.2, -0.15) is 24.9 Å². The van der Waals surface area contributed by atoms with Crippen LogP contribution in [0.3, 0.4) is 0 Å². The Hall–Kier alpha value is -2.87. The molecule has 34 heavy (non-hydrogen) atoms. The molecular formula is C19H19ClF3NO9S. The van der Waals surface area contributed by atoms with Gasteiger partial charge in [-0.15, -0.1) is 10.1 Å². The molecule has 0 fully saturated rings. The summed E-state index contributed by atoms with van der Waals surface area (Å²) in [6, 6.07) is 2.76. The maximum absolute atomic E-state index is 13.5. The van der Waals surface area contributed by atoms with E-state index < -0.39 is 41.4 Å². The van der Waals surface area contributed by atoms with Gasteiger partial charge in [0.2, 0.25) is 12.4 Å². The Balaban J connectivity index is 1.92. The Labute approximate surface area is 200 Å². The molecule has 0 amide bonds. The summed E-state index contributed by atoms with van der Waals surface area (Å²) in [6.45, 7) is 2.36. The van der Waals surface area contributed by atoms with Gasteiger partial charge in [-0.3, -0.25) is 0 Å². The van der Waals surface area contributed by atoms with E-state index in [0.29, 0.717) is 5.56 Å². The molecule has 0 aromatic heterocycles. The summed E-state index contributed by atoms with van der Waals surface area (Å²) in [6.07, 6.45) is -9.36. The van der Waals surface area contributed by atoms with Gasteiger partial charge >= 0.3 is 18.3 Å². The van der Waals surface area contributed by atoms with E-state index in [1.54, 1.807) is 0 Å². The van der Waals surface area contributed by atoms with Crippen molar-refractivity contribution >= 4 is 41.6 Å². The van der Waals surface area contributed by atoms with Crippen molar-refractivity contribution in [1.82, 2.24) is 0 Å². The zero-order valence-electron chi connectivity index (χ0n) is 17.8. The van der Waals surface area contributed by atoms with Gasteiger partial charge < -0.3 is 23.8 Å². The van der Waals surface area contributed by atoms with Crippen molar-refractivity contribution in [3.8, 4) is 5.75 Å². The summed E-state index contributed by atoms with van der Waals surface area (Å²) >= 11 is 7.14. The molecule has 1 aromatic rings. The monoisotopic (exact) mass is 529 g/mol. The Morgan fingerprint density at radius 3 is 2.59 bits per heavy atom. The third-order valence-electron chi connectivity index (χ3n) is 4.04. The van der Waals surface area contributed by atoms with Gasteiger partial charge in [0.1, 0.15) is 19.0 Å². The molecule has 10 nitrogen and oxygen atoms in total. The van der Waals surface area contributed by atoms with Crippen LogP contribution >= 0.6 is 23.4 Å². The second kappa shape index (κ2) is 12.0. The molecule has 2 atom stereocenters. The van der Waals surface area contributed by atoms with E-state index in [1.807, 2.05) is 0 Å². The molecule has 0 saturated carbocycles. The van der Waals surface area contributed by atoms with Crippen LogP contribution in [0.2, 0.25) is 5.02 Å². The number of ether oxygens (including phenoxy) is 4. The van der Waals surface area contributed by atoms with Gasteiger partial charge in [0.15, 0.2) is 0 Å². The Bertz CT molecular complexity index is 958. The maximum Gasteiger partial charge on any atom is 0.511 e. The van der Waals surface area contributed by atoms with E-state index in [9.17, 15) is 32.9 Å². The fourth-order valence-electron chi connectivity index (χ4n) is 2.73. The van der Waals surface area contributed by atoms with E-state index >= 15 is 0 Å². The number of hydrogen-bond acceptors (Lipinski definition) is 10. The first kappa shape index (κ1) is 27.4. The number of nitrogens with zero attached hydrogens (tertiary/aromatic N) is 1. The van der Waals surface area contributed by atoms with Crippen molar-refractivity contribution in [3.05, 3.63) is 44.0 Å². The van der Waals surface area contributed by atoms with Crippen molar-refractivity contribution in [2.75, 3.05) is 24.7 Å². The summed E-state index contributed by atoms with van der Waals surface area (Å²) in [5, 5.41) is 9.29. The maximum atomic E-state index is 13.5. The molecule has 1 aromatic carbocycles. The molecule has 0 spiro atoms. The van der Waals surface area contributed by atoms with Crippen LogP contribution in [0.1, 0.15) is 18.1 Å². The Morgan fingerprint density at radius 2 is 1.94 bits per heavy atom. The predicted molar refractivity (Wildman–Crippen MR) is 113 cm³/mol. The second-order valence-corrected chi connectivity index (χ2v) is 8.30. The van der Waals surface area contributed by atoms with Gasteiger partial charge in [0.25, 0.3) is 5.09 Å². The quantitative estimate of drug-likeness (QED) is 0.142. The fraction of sp³-hybridized carbons (Fsp3) is 0.474. The van der Waals surface area contributed by atoms with E-state index in [0.717, 1.165) is 13.0 Å². The highest BCUT2D eigenvalue weighted by Crippen LogP contribution is 2.40. The molecule has 1 heterocycles. The fourth-order valence-corrected chi connectivity index (χ4v) is 3.61. The number of halogens is 4. The highest BCUT2D eigenvalue weighted by atomic mass is 35.5. The number of carbonyl (C=O) groups excluding carboxylic acids is 2. The zero-order valence-corrected chi connectivity index (χ0v) is 19.3. The van der Waals surface area contributed by atoms with Crippen LogP contribution in [0.15, 0.2) is 17.7 Å². The van der Waals surface area contributed by atoms with E-state index in [1.165, 1.54) is 30.8 Å². The molecule has 0 N–H and O–H groups in total. The number of benzene rings is 1. The molecule has 2 unspecified atom stereocenters. The molecule has 1 aliphatic rings. The normalized spacial score (nSPS) is 15.8. The molecule has 0 bridgehead atoms. The van der Waals surface area contributed by atoms with Gasteiger partial charge in [0.05, 0.1) is 5.57 Å². The summed E-state index contributed by atoms with van der Waals surface area (Å²) < 4.78 is 59.9. The summed E-state index contributed by atoms with van der Waals surface area (Å²) in [5.41, 5.74) is -0.339. The van der Waals surface area contributed by atoms with Crippen LogP contribution in [0.25, 0.3) is 6.08 Å². The number of thioether (sulfide) groups is 1. The van der Waals surface area contributed by atoms with Gasteiger partial charge in [-0.05, 0) is 30.7 Å². The van der Waals surface area contributed by atoms with Crippen LogP contribution in [-0.4, -0.2) is 60.5 Å². The first-order chi connectivity index (χ1) is 15.9. The van der Waals surface area contributed by atoms with E-state index in [-0.39, 0.29) is 41.1 Å². The largest absolute Gasteiger partial charge is 0.511 e. The molecule has 0 saturated heterocycles. The summed E-state index contributed by atoms with van der Waals surface area (Å²) in [5.74, 6) is -0.937. The Morgan fingerprint density at radius 1 is 1.26 bits per heavy atom. The molecule has 2 rings (SSSR count). The lowest BCUT2D eigenvalue weighted by molar-refractivity contribution is -0.756.